The summed E-state index contributed by atoms with van der Waals surface area (Å²) in [5.41, 5.74) is 1.74. The second kappa shape index (κ2) is 6.39. The minimum absolute atomic E-state index is 0.0284. The van der Waals surface area contributed by atoms with E-state index in [-0.39, 0.29) is 17.8 Å². The topological polar surface area (TPSA) is 46.6 Å². The van der Waals surface area contributed by atoms with Crippen LogP contribution in [0.15, 0.2) is 22.7 Å². The Hall–Kier alpha value is -1.36. The molecule has 0 aromatic heterocycles. The molecule has 0 bridgehead atoms. The van der Waals surface area contributed by atoms with Crippen molar-refractivity contribution in [2.24, 2.45) is 5.92 Å². The number of amides is 1. The number of hydrogen-bond donors (Lipinski definition) is 0. The summed E-state index contributed by atoms with van der Waals surface area (Å²) in [6.45, 7) is 3.11. The number of benzene rings is 1. The summed E-state index contributed by atoms with van der Waals surface area (Å²) in [6, 6.07) is 5.57. The highest BCUT2D eigenvalue weighted by Gasteiger charge is 2.29. The number of carbonyl (C=O) groups is 2. The summed E-state index contributed by atoms with van der Waals surface area (Å²) in [5, 5.41) is 0. The van der Waals surface area contributed by atoms with Gasteiger partial charge in [0.15, 0.2) is 0 Å². The van der Waals surface area contributed by atoms with Crippen molar-refractivity contribution in [3.8, 4) is 0 Å². The largest absolute Gasteiger partial charge is 0.469 e. The summed E-state index contributed by atoms with van der Waals surface area (Å²) in [4.78, 5) is 25.8. The Kier molecular flexibility index (Phi) is 4.81. The molecule has 1 aromatic rings. The number of carbonyl (C=O) groups excluding carboxylic acids is 2. The molecule has 5 heteroatoms. The first-order valence-corrected chi connectivity index (χ1v) is 7.45. The van der Waals surface area contributed by atoms with Crippen LogP contribution in [0.2, 0.25) is 0 Å². The predicted molar refractivity (Wildman–Crippen MR) is 79.5 cm³/mol. The van der Waals surface area contributed by atoms with Crippen LogP contribution in [0.1, 0.15) is 28.8 Å². The lowest BCUT2D eigenvalue weighted by atomic mass is 9.97. The van der Waals surface area contributed by atoms with Crippen LogP contribution in [-0.4, -0.2) is 37.0 Å². The first-order chi connectivity index (χ1) is 9.52. The van der Waals surface area contributed by atoms with Crippen molar-refractivity contribution < 1.29 is 14.3 Å². The van der Waals surface area contributed by atoms with Crippen molar-refractivity contribution in [1.82, 2.24) is 4.90 Å². The smallest absolute Gasteiger partial charge is 0.310 e. The van der Waals surface area contributed by atoms with Crippen molar-refractivity contribution in [3.05, 3.63) is 33.8 Å². The zero-order valence-electron chi connectivity index (χ0n) is 11.7. The summed E-state index contributed by atoms with van der Waals surface area (Å²) in [7, 11) is 1.39. The number of hydrogen-bond acceptors (Lipinski definition) is 3. The molecular weight excluding hydrogens is 322 g/mol. The Morgan fingerprint density at radius 3 is 2.80 bits per heavy atom. The van der Waals surface area contributed by atoms with E-state index in [1.165, 1.54) is 7.11 Å². The normalized spacial score (nSPS) is 18.8. The second-order valence-electron chi connectivity index (χ2n) is 5.08. The van der Waals surface area contributed by atoms with Gasteiger partial charge in [0.2, 0.25) is 0 Å². The van der Waals surface area contributed by atoms with Gasteiger partial charge in [0.1, 0.15) is 0 Å². The van der Waals surface area contributed by atoms with Gasteiger partial charge in [-0.25, -0.2) is 0 Å². The molecular formula is C15H18BrNO3. The molecule has 0 radical (unpaired) electrons. The summed E-state index contributed by atoms with van der Waals surface area (Å²) in [6.07, 6.45) is 1.62. The van der Waals surface area contributed by atoms with Gasteiger partial charge in [-0.1, -0.05) is 22.0 Å². The molecule has 108 valence electrons. The quantitative estimate of drug-likeness (QED) is 0.778. The van der Waals surface area contributed by atoms with Crippen LogP contribution in [0, 0.1) is 12.8 Å². The van der Waals surface area contributed by atoms with Gasteiger partial charge in [-0.2, -0.15) is 0 Å². The van der Waals surface area contributed by atoms with E-state index >= 15 is 0 Å². The van der Waals surface area contributed by atoms with Crippen molar-refractivity contribution in [2.75, 3.05) is 20.2 Å². The Morgan fingerprint density at radius 2 is 2.15 bits per heavy atom. The van der Waals surface area contributed by atoms with Gasteiger partial charge in [-0.05, 0) is 37.5 Å². The molecule has 1 saturated heterocycles. The SMILES string of the molecule is COC(=O)[C@H]1CCCN(C(=O)c2ccc(C)c(Br)c2)C1. The van der Waals surface area contributed by atoms with Gasteiger partial charge >= 0.3 is 5.97 Å². The van der Waals surface area contributed by atoms with Gasteiger partial charge < -0.3 is 9.64 Å². The fourth-order valence-electron chi connectivity index (χ4n) is 2.43. The highest BCUT2D eigenvalue weighted by molar-refractivity contribution is 9.10. The molecule has 1 aliphatic rings. The fraction of sp³-hybridized carbons (Fsp3) is 0.467. The predicted octanol–water partition coefficient (Wildman–Crippen LogP) is 2.78. The maximum atomic E-state index is 12.5. The van der Waals surface area contributed by atoms with E-state index in [2.05, 4.69) is 15.9 Å². The van der Waals surface area contributed by atoms with E-state index in [1.807, 2.05) is 25.1 Å². The van der Waals surface area contributed by atoms with E-state index in [4.69, 9.17) is 4.74 Å². The molecule has 0 unspecified atom stereocenters. The minimum Gasteiger partial charge on any atom is -0.469 e. The van der Waals surface area contributed by atoms with Crippen LogP contribution in [0.4, 0.5) is 0 Å². The Labute approximate surface area is 127 Å². The molecule has 1 amide bonds. The number of aryl methyl sites for hydroxylation is 1. The van der Waals surface area contributed by atoms with Crippen LogP contribution in [-0.2, 0) is 9.53 Å². The Morgan fingerprint density at radius 1 is 1.40 bits per heavy atom. The van der Waals surface area contributed by atoms with Crippen LogP contribution in [0.3, 0.4) is 0 Å². The standard InChI is InChI=1S/C15H18BrNO3/c1-10-5-6-11(8-13(10)16)14(18)17-7-3-4-12(9-17)15(19)20-2/h5-6,8,12H,3-4,7,9H2,1-2H3/t12-/m0/s1. The molecule has 0 N–H and O–H groups in total. The lowest BCUT2D eigenvalue weighted by molar-refractivity contribution is -0.146. The molecule has 2 rings (SSSR count). The summed E-state index contributed by atoms with van der Waals surface area (Å²) < 4.78 is 5.70. The lowest BCUT2D eigenvalue weighted by Crippen LogP contribution is -2.42. The first kappa shape index (κ1) is 15.0. The number of esters is 1. The number of likely N-dealkylation sites (tertiary alicyclic amines) is 1. The minimum atomic E-state index is -0.229. The summed E-state index contributed by atoms with van der Waals surface area (Å²) >= 11 is 3.44. The lowest BCUT2D eigenvalue weighted by Gasteiger charge is -2.31. The average Bonchev–Trinajstić information content (AvgIpc) is 2.48. The van der Waals surface area contributed by atoms with Crippen LogP contribution >= 0.6 is 15.9 Å². The van der Waals surface area contributed by atoms with Crippen molar-refractivity contribution in [1.29, 1.82) is 0 Å². The van der Waals surface area contributed by atoms with E-state index in [1.54, 1.807) is 4.90 Å². The zero-order chi connectivity index (χ0) is 14.7. The van der Waals surface area contributed by atoms with E-state index in [9.17, 15) is 9.59 Å². The van der Waals surface area contributed by atoms with Crippen LogP contribution in [0.25, 0.3) is 0 Å². The third-order valence-corrected chi connectivity index (χ3v) is 4.52. The van der Waals surface area contributed by atoms with E-state index in [0.29, 0.717) is 18.7 Å². The fourth-order valence-corrected chi connectivity index (χ4v) is 2.81. The number of halogens is 1. The van der Waals surface area contributed by atoms with Gasteiger partial charge in [-0.3, -0.25) is 9.59 Å². The van der Waals surface area contributed by atoms with Gasteiger partial charge in [0, 0.05) is 23.1 Å². The van der Waals surface area contributed by atoms with Crippen LogP contribution in [0.5, 0.6) is 0 Å². The number of nitrogens with zero attached hydrogens (tertiary/aromatic N) is 1. The third-order valence-electron chi connectivity index (χ3n) is 3.66. The van der Waals surface area contributed by atoms with Gasteiger partial charge in [0.25, 0.3) is 5.91 Å². The maximum Gasteiger partial charge on any atom is 0.310 e. The Bertz CT molecular complexity index is 530. The number of rotatable bonds is 2. The Balaban J connectivity index is 2.12. The van der Waals surface area contributed by atoms with Crippen molar-refractivity contribution in [2.45, 2.75) is 19.8 Å². The second-order valence-corrected chi connectivity index (χ2v) is 5.93. The number of methoxy groups -OCH3 is 1. The van der Waals surface area contributed by atoms with Gasteiger partial charge in [0.05, 0.1) is 13.0 Å². The maximum absolute atomic E-state index is 12.5. The average molecular weight is 340 g/mol. The molecule has 1 heterocycles. The van der Waals surface area contributed by atoms with E-state index < -0.39 is 0 Å². The number of ether oxygens (including phenoxy) is 1. The van der Waals surface area contributed by atoms with E-state index in [0.717, 1.165) is 22.9 Å². The molecule has 4 nitrogen and oxygen atoms in total. The monoisotopic (exact) mass is 339 g/mol. The molecule has 0 saturated carbocycles. The van der Waals surface area contributed by atoms with Crippen molar-refractivity contribution in [3.63, 3.8) is 0 Å². The highest BCUT2D eigenvalue weighted by Crippen LogP contribution is 2.22. The zero-order valence-corrected chi connectivity index (χ0v) is 13.3. The number of piperidine rings is 1. The third kappa shape index (κ3) is 3.20. The summed E-state index contributed by atoms with van der Waals surface area (Å²) in [5.74, 6) is -0.460. The highest BCUT2D eigenvalue weighted by atomic mass is 79.9. The first-order valence-electron chi connectivity index (χ1n) is 6.66. The van der Waals surface area contributed by atoms with Crippen molar-refractivity contribution >= 4 is 27.8 Å². The molecule has 0 spiro atoms. The molecule has 20 heavy (non-hydrogen) atoms. The van der Waals surface area contributed by atoms with Crippen LogP contribution < -0.4 is 0 Å². The molecule has 0 aliphatic carbocycles. The molecule has 1 aliphatic heterocycles. The van der Waals surface area contributed by atoms with Gasteiger partial charge in [-0.15, -0.1) is 0 Å². The molecule has 1 fully saturated rings. The molecule has 1 aromatic carbocycles. The molecule has 1 atom stereocenters.